The fraction of sp³-hybridized carbons (Fsp3) is 0.923. The van der Waals surface area contributed by atoms with Crippen molar-refractivity contribution in [3.63, 3.8) is 0 Å². The minimum Gasteiger partial charge on any atom is -0.428 e. The van der Waals surface area contributed by atoms with Gasteiger partial charge < -0.3 is 19.7 Å². The summed E-state index contributed by atoms with van der Waals surface area (Å²) in [6, 6.07) is 0. The Bertz CT molecular complexity index is 85.0. The Balaban J connectivity index is -0.0000000162. The van der Waals surface area contributed by atoms with E-state index in [0.717, 1.165) is 0 Å². The van der Waals surface area contributed by atoms with Gasteiger partial charge in [-0.25, -0.2) is 0 Å². The largest absolute Gasteiger partial charge is 0.428 e. The van der Waals surface area contributed by atoms with Gasteiger partial charge in [0.25, 0.3) is 0 Å². The molecule has 0 bridgehead atoms. The van der Waals surface area contributed by atoms with Crippen LogP contribution in [0.15, 0.2) is 0 Å². The number of methoxy groups -OCH3 is 2. The van der Waals surface area contributed by atoms with E-state index in [1.165, 1.54) is 0 Å². The van der Waals surface area contributed by atoms with Gasteiger partial charge in [0.1, 0.15) is 0 Å². The Kier molecular flexibility index (Phi) is 131. The van der Waals surface area contributed by atoms with Gasteiger partial charge in [-0.3, -0.25) is 6.42 Å². The molecular formula is C13H37O4Y2-. The van der Waals surface area contributed by atoms with Crippen molar-refractivity contribution in [3.8, 4) is 0 Å². The van der Waals surface area contributed by atoms with Gasteiger partial charge in [0.2, 0.25) is 0 Å². The second kappa shape index (κ2) is 50.1. The first-order valence-corrected chi connectivity index (χ1v) is 4.24. The summed E-state index contributed by atoms with van der Waals surface area (Å²) in [5, 5.41) is 16.4. The maximum absolute atomic E-state index is 8.39. The molecule has 120 valence electrons. The van der Waals surface area contributed by atoms with Crippen molar-refractivity contribution in [2.24, 2.45) is 5.92 Å². The molecule has 1 atom stereocenters. The van der Waals surface area contributed by atoms with Crippen molar-refractivity contribution < 1.29 is 85.1 Å². The van der Waals surface area contributed by atoms with Crippen LogP contribution in [-0.4, -0.2) is 50.9 Å². The molecule has 0 aromatic rings. The van der Waals surface area contributed by atoms with Crippen molar-refractivity contribution in [1.29, 1.82) is 0 Å². The van der Waals surface area contributed by atoms with Crippen LogP contribution >= 0.6 is 0 Å². The third-order valence-corrected chi connectivity index (χ3v) is 1.18. The predicted octanol–water partition coefficient (Wildman–Crippen LogP) is 2.63. The first kappa shape index (κ1) is 49.7. The van der Waals surface area contributed by atoms with Gasteiger partial charge in [0.05, 0.1) is 6.61 Å². The summed E-state index contributed by atoms with van der Waals surface area (Å²) >= 11 is 0. The maximum atomic E-state index is 8.39. The van der Waals surface area contributed by atoms with Gasteiger partial charge in [-0.1, -0.05) is 49.8 Å². The van der Waals surface area contributed by atoms with Gasteiger partial charge >= 0.3 is 0 Å². The molecule has 0 aliphatic carbocycles. The molecular weight excluding hydrogens is 398 g/mol. The molecule has 6 heteroatoms. The number of hydrogen-bond donors (Lipinski definition) is 2. The van der Waals surface area contributed by atoms with Crippen molar-refractivity contribution in [2.75, 3.05) is 40.6 Å². The monoisotopic (exact) mass is 435 g/mol. The third kappa shape index (κ3) is 64.7. The van der Waals surface area contributed by atoms with E-state index in [-0.39, 0.29) is 114 Å². The second-order valence-electron chi connectivity index (χ2n) is 2.67. The molecule has 0 saturated carbocycles. The number of hydrogen-bond acceptors (Lipinski definition) is 4. The summed E-state index contributed by atoms with van der Waals surface area (Å²) in [7, 11) is 3.22. The fourth-order valence-electron chi connectivity index (χ4n) is 0.508. The summed E-state index contributed by atoms with van der Waals surface area (Å²) in [5.74, 6) is 0.282. The first-order valence-electron chi connectivity index (χ1n) is 4.24. The normalized spacial score (nSPS) is 8.05. The van der Waals surface area contributed by atoms with E-state index in [4.69, 9.17) is 14.9 Å². The van der Waals surface area contributed by atoms with Crippen LogP contribution in [0, 0.1) is 12.3 Å². The molecule has 0 amide bonds. The molecule has 0 aromatic carbocycles. The predicted molar refractivity (Wildman–Crippen MR) is 78.3 cm³/mol. The van der Waals surface area contributed by atoms with Crippen LogP contribution in [0.1, 0.15) is 36.6 Å². The Hall–Kier alpha value is 2.05. The van der Waals surface area contributed by atoms with Crippen LogP contribution in [0.2, 0.25) is 0 Å². The van der Waals surface area contributed by atoms with E-state index in [0.29, 0.717) is 13.2 Å². The topological polar surface area (TPSA) is 58.9 Å². The Labute approximate surface area is 173 Å². The van der Waals surface area contributed by atoms with Gasteiger partial charge in [-0.15, -0.1) is 0 Å². The smallest absolute Gasteiger partial charge is 0.0509 e. The van der Waals surface area contributed by atoms with Gasteiger partial charge in [-0.2, -0.15) is 0 Å². The number of aliphatic hydroxyl groups is 2. The Morgan fingerprint density at radius 3 is 1.47 bits per heavy atom. The molecule has 0 aromatic heterocycles. The molecule has 4 nitrogen and oxygen atoms in total. The SMILES string of the molecule is C.C.C.C.COCC(C)CO.COC[CH-]CO.[Y].[Y]. The quantitative estimate of drug-likeness (QED) is 0.498. The van der Waals surface area contributed by atoms with Gasteiger partial charge in [-0.05, 0) is 0 Å². The molecule has 0 saturated heterocycles. The molecule has 19 heavy (non-hydrogen) atoms. The zero-order valence-electron chi connectivity index (χ0n) is 9.85. The molecule has 2 radical (unpaired) electrons. The minimum atomic E-state index is 0. The average molecular weight is 435 g/mol. The summed E-state index contributed by atoms with van der Waals surface area (Å²) in [6.07, 6.45) is 1.64. The summed E-state index contributed by atoms with van der Waals surface area (Å²) in [6.45, 7) is 3.44. The minimum absolute atomic E-state index is 0. The molecule has 0 spiro atoms. The van der Waals surface area contributed by atoms with E-state index in [1.54, 1.807) is 20.6 Å². The second-order valence-corrected chi connectivity index (χ2v) is 2.67. The Morgan fingerprint density at radius 1 is 0.947 bits per heavy atom. The van der Waals surface area contributed by atoms with E-state index in [2.05, 4.69) is 4.74 Å². The van der Waals surface area contributed by atoms with Gasteiger partial charge in [0, 0.05) is 92.2 Å². The van der Waals surface area contributed by atoms with Crippen LogP contribution in [-0.2, 0) is 74.9 Å². The van der Waals surface area contributed by atoms with Crippen LogP contribution in [0.3, 0.4) is 0 Å². The molecule has 0 aliphatic heterocycles. The summed E-state index contributed by atoms with van der Waals surface area (Å²) in [5.41, 5.74) is 0. The van der Waals surface area contributed by atoms with Crippen molar-refractivity contribution in [1.82, 2.24) is 0 Å². The number of aliphatic hydroxyl groups excluding tert-OH is 2. The first-order chi connectivity index (χ1) is 6.22. The molecule has 1 unspecified atom stereocenters. The molecule has 0 aliphatic rings. The van der Waals surface area contributed by atoms with E-state index < -0.39 is 0 Å². The van der Waals surface area contributed by atoms with E-state index in [1.807, 2.05) is 6.92 Å². The third-order valence-electron chi connectivity index (χ3n) is 1.18. The summed E-state index contributed by atoms with van der Waals surface area (Å²) < 4.78 is 9.30. The zero-order valence-corrected chi connectivity index (χ0v) is 15.5. The van der Waals surface area contributed by atoms with Crippen molar-refractivity contribution in [3.05, 3.63) is 6.42 Å². The maximum Gasteiger partial charge on any atom is 0.0509 e. The van der Waals surface area contributed by atoms with Crippen molar-refractivity contribution >= 4 is 0 Å². The Morgan fingerprint density at radius 2 is 1.37 bits per heavy atom. The molecule has 0 heterocycles. The van der Waals surface area contributed by atoms with Crippen LogP contribution in [0.25, 0.3) is 0 Å². The average Bonchev–Trinajstić information content (AvgIpc) is 2.16. The molecule has 2 N–H and O–H groups in total. The zero-order chi connectivity index (χ0) is 10.5. The van der Waals surface area contributed by atoms with Crippen LogP contribution in [0.5, 0.6) is 0 Å². The number of rotatable bonds is 6. The van der Waals surface area contributed by atoms with Crippen LogP contribution in [0.4, 0.5) is 0 Å². The van der Waals surface area contributed by atoms with Crippen molar-refractivity contribution in [2.45, 2.75) is 36.6 Å². The fourth-order valence-corrected chi connectivity index (χ4v) is 0.508. The molecule has 0 fully saturated rings. The number of ether oxygens (including phenoxy) is 2. The van der Waals surface area contributed by atoms with Gasteiger partial charge in [0.15, 0.2) is 0 Å². The van der Waals surface area contributed by atoms with E-state index >= 15 is 0 Å². The molecule has 0 rings (SSSR count). The standard InChI is InChI=1S/C5H12O2.C4H9O2.4CH4.2Y/c1-5(3-6)4-7-2;1-6-4-2-3-5;;;;;;/h5-6H,3-4H2,1-2H3;2,5H,3-4H2,1H3;4*1H4;;/q;-1;;;;;;. The van der Waals surface area contributed by atoms with E-state index in [9.17, 15) is 0 Å². The summed E-state index contributed by atoms with van der Waals surface area (Å²) in [4.78, 5) is 0. The van der Waals surface area contributed by atoms with Crippen LogP contribution < -0.4 is 0 Å².